The van der Waals surface area contributed by atoms with Crippen molar-refractivity contribution >= 4 is 6.29 Å². The summed E-state index contributed by atoms with van der Waals surface area (Å²) in [5.74, 6) is -0.491. The Morgan fingerprint density at radius 3 is 2.25 bits per heavy atom. The van der Waals surface area contributed by atoms with E-state index in [1.165, 1.54) is 25.2 Å². The third kappa shape index (κ3) is 2.59. The molecule has 4 N–H and O–H groups in total. The Morgan fingerprint density at radius 2 is 1.83 bits per heavy atom. The Bertz CT molecular complexity index is 260. The Labute approximate surface area is 70.3 Å². The van der Waals surface area contributed by atoms with Gasteiger partial charge in [-0.2, -0.15) is 0 Å². The first-order chi connectivity index (χ1) is 5.74. The molecular weight excluding hydrogens is 158 g/mol. The van der Waals surface area contributed by atoms with Crippen molar-refractivity contribution in [1.29, 1.82) is 0 Å². The van der Waals surface area contributed by atoms with Gasteiger partial charge < -0.3 is 15.9 Å². The van der Waals surface area contributed by atoms with E-state index in [9.17, 15) is 4.79 Å². The van der Waals surface area contributed by atoms with Gasteiger partial charge in [-0.1, -0.05) is 0 Å². The van der Waals surface area contributed by atoms with Crippen LogP contribution < -0.4 is 5.73 Å². The van der Waals surface area contributed by atoms with Crippen molar-refractivity contribution in [3.63, 3.8) is 0 Å². The van der Waals surface area contributed by atoms with Crippen molar-refractivity contribution in [3.05, 3.63) is 23.8 Å². The average molecular weight is 169 g/mol. The molecule has 1 aromatic carbocycles. The fourth-order valence-electron chi connectivity index (χ4n) is 0.614. The third-order valence-corrected chi connectivity index (χ3v) is 1.14. The van der Waals surface area contributed by atoms with Gasteiger partial charge in [0.2, 0.25) is 0 Å². The first-order valence-corrected chi connectivity index (χ1v) is 3.29. The van der Waals surface area contributed by atoms with E-state index in [0.29, 0.717) is 11.8 Å². The number of phenols is 2. The van der Waals surface area contributed by atoms with Gasteiger partial charge in [0.1, 0.15) is 6.29 Å². The zero-order valence-corrected chi connectivity index (χ0v) is 6.69. The molecule has 4 nitrogen and oxygen atoms in total. The molecule has 0 fully saturated rings. The molecule has 0 aliphatic heterocycles. The Morgan fingerprint density at radius 1 is 1.25 bits per heavy atom. The summed E-state index contributed by atoms with van der Waals surface area (Å²) >= 11 is 0. The van der Waals surface area contributed by atoms with Gasteiger partial charge in [0, 0.05) is 5.56 Å². The first kappa shape index (κ1) is 10.4. The molecule has 66 valence electrons. The van der Waals surface area contributed by atoms with Crippen LogP contribution >= 0.6 is 0 Å². The second-order valence-electron chi connectivity index (χ2n) is 1.87. The normalized spacial score (nSPS) is 8.17. The molecule has 0 saturated heterocycles. The van der Waals surface area contributed by atoms with Crippen LogP contribution in [0.3, 0.4) is 0 Å². The minimum Gasteiger partial charge on any atom is -0.504 e. The van der Waals surface area contributed by atoms with Gasteiger partial charge in [0.25, 0.3) is 0 Å². The molecule has 0 aliphatic rings. The van der Waals surface area contributed by atoms with E-state index < -0.39 is 0 Å². The quantitative estimate of drug-likeness (QED) is 0.422. The molecule has 0 amide bonds. The smallest absolute Gasteiger partial charge is 0.158 e. The number of hydrogen-bond donors (Lipinski definition) is 3. The minimum absolute atomic E-state index is 0.217. The highest BCUT2D eigenvalue weighted by Crippen LogP contribution is 2.23. The van der Waals surface area contributed by atoms with Crippen LogP contribution in [0.25, 0.3) is 0 Å². The minimum atomic E-state index is -0.274. The van der Waals surface area contributed by atoms with Gasteiger partial charge in [-0.3, -0.25) is 4.79 Å². The number of nitrogens with two attached hydrogens (primary N) is 1. The lowest BCUT2D eigenvalue weighted by Crippen LogP contribution is -1.77. The molecule has 0 heterocycles. The molecule has 0 spiro atoms. The van der Waals surface area contributed by atoms with Gasteiger partial charge >= 0.3 is 0 Å². The van der Waals surface area contributed by atoms with Gasteiger partial charge in [-0.05, 0) is 25.2 Å². The molecule has 0 saturated carbocycles. The van der Waals surface area contributed by atoms with E-state index >= 15 is 0 Å². The summed E-state index contributed by atoms with van der Waals surface area (Å²) in [5.41, 5.74) is 4.84. The highest BCUT2D eigenvalue weighted by molar-refractivity contribution is 5.76. The molecule has 0 bridgehead atoms. The number of benzene rings is 1. The number of aldehydes is 1. The standard InChI is InChI=1S/C7H6O3.CH5N/c8-4-5-1-2-6(9)7(10)3-5;1-2/h1-4,9-10H;2H2,1H3. The second kappa shape index (κ2) is 5.15. The molecule has 0 aromatic heterocycles. The van der Waals surface area contributed by atoms with Crippen LogP contribution in [0.15, 0.2) is 18.2 Å². The predicted octanol–water partition coefficient (Wildman–Crippen LogP) is 0.485. The zero-order chi connectivity index (χ0) is 9.56. The largest absolute Gasteiger partial charge is 0.504 e. The second-order valence-corrected chi connectivity index (χ2v) is 1.87. The fraction of sp³-hybridized carbons (Fsp3) is 0.125. The summed E-state index contributed by atoms with van der Waals surface area (Å²) in [6.45, 7) is 0. The lowest BCUT2D eigenvalue weighted by molar-refractivity contribution is 0.112. The number of aromatic hydroxyl groups is 2. The average Bonchev–Trinajstić information content (AvgIpc) is 2.13. The number of phenolic OH excluding ortho intramolecular Hbond substituents is 2. The van der Waals surface area contributed by atoms with E-state index in [1.54, 1.807) is 0 Å². The monoisotopic (exact) mass is 169 g/mol. The maximum Gasteiger partial charge on any atom is 0.158 e. The van der Waals surface area contributed by atoms with E-state index in [4.69, 9.17) is 10.2 Å². The Kier molecular flexibility index (Phi) is 4.48. The van der Waals surface area contributed by atoms with Crippen molar-refractivity contribution in [2.75, 3.05) is 7.05 Å². The molecule has 1 rings (SSSR count). The van der Waals surface area contributed by atoms with Crippen LogP contribution in [0, 0.1) is 0 Å². The van der Waals surface area contributed by atoms with Crippen LogP contribution in [-0.4, -0.2) is 23.5 Å². The van der Waals surface area contributed by atoms with Crippen molar-refractivity contribution in [1.82, 2.24) is 0 Å². The molecule has 0 atom stereocenters. The first-order valence-electron chi connectivity index (χ1n) is 3.29. The lowest BCUT2D eigenvalue weighted by Gasteiger charge is -1.95. The van der Waals surface area contributed by atoms with E-state index in [1.807, 2.05) is 0 Å². The highest BCUT2D eigenvalue weighted by atomic mass is 16.3. The van der Waals surface area contributed by atoms with Gasteiger partial charge in [0.05, 0.1) is 0 Å². The summed E-state index contributed by atoms with van der Waals surface area (Å²) in [6, 6.07) is 3.88. The molecule has 0 radical (unpaired) electrons. The van der Waals surface area contributed by atoms with E-state index in [2.05, 4.69) is 5.73 Å². The molecule has 0 aliphatic carbocycles. The number of hydrogen-bond acceptors (Lipinski definition) is 4. The van der Waals surface area contributed by atoms with Crippen LogP contribution in [0.2, 0.25) is 0 Å². The maximum absolute atomic E-state index is 10.1. The maximum atomic E-state index is 10.1. The van der Waals surface area contributed by atoms with Crippen molar-refractivity contribution < 1.29 is 15.0 Å². The summed E-state index contributed by atoms with van der Waals surface area (Å²) < 4.78 is 0. The Hall–Kier alpha value is -1.55. The molecule has 0 unspecified atom stereocenters. The summed E-state index contributed by atoms with van der Waals surface area (Å²) in [5, 5.41) is 17.6. The van der Waals surface area contributed by atoms with Crippen molar-refractivity contribution in [2.24, 2.45) is 5.73 Å². The van der Waals surface area contributed by atoms with Gasteiger partial charge in [-0.25, -0.2) is 0 Å². The van der Waals surface area contributed by atoms with Gasteiger partial charge in [0.15, 0.2) is 11.5 Å². The van der Waals surface area contributed by atoms with Crippen LogP contribution in [0.4, 0.5) is 0 Å². The van der Waals surface area contributed by atoms with Crippen LogP contribution in [0.5, 0.6) is 11.5 Å². The number of carbonyl (C=O) groups is 1. The topological polar surface area (TPSA) is 83.6 Å². The predicted molar refractivity (Wildman–Crippen MR) is 45.3 cm³/mol. The number of rotatable bonds is 1. The molecule has 12 heavy (non-hydrogen) atoms. The van der Waals surface area contributed by atoms with Crippen LogP contribution in [0.1, 0.15) is 10.4 Å². The fourth-order valence-corrected chi connectivity index (χ4v) is 0.614. The SMILES string of the molecule is CN.O=Cc1ccc(O)c(O)c1. The van der Waals surface area contributed by atoms with Crippen molar-refractivity contribution in [3.8, 4) is 11.5 Å². The number of carbonyl (C=O) groups excluding carboxylic acids is 1. The summed E-state index contributed by atoms with van der Waals surface area (Å²) in [6.07, 6.45) is 0.596. The van der Waals surface area contributed by atoms with E-state index in [0.717, 1.165) is 0 Å². The molecular formula is C8H11NO3. The van der Waals surface area contributed by atoms with Crippen molar-refractivity contribution in [2.45, 2.75) is 0 Å². The lowest BCUT2D eigenvalue weighted by atomic mass is 10.2. The van der Waals surface area contributed by atoms with E-state index in [-0.39, 0.29) is 11.5 Å². The molecule has 1 aromatic rings. The Balaban J connectivity index is 0.000000561. The highest BCUT2D eigenvalue weighted by Gasteiger charge is 1.97. The summed E-state index contributed by atoms with van der Waals surface area (Å²) in [7, 11) is 1.50. The third-order valence-electron chi connectivity index (χ3n) is 1.14. The zero-order valence-electron chi connectivity index (χ0n) is 6.69. The van der Waals surface area contributed by atoms with Crippen LogP contribution in [-0.2, 0) is 0 Å². The summed E-state index contributed by atoms with van der Waals surface area (Å²) in [4.78, 5) is 10.1. The molecule has 4 heteroatoms. The van der Waals surface area contributed by atoms with Gasteiger partial charge in [-0.15, -0.1) is 0 Å².